The summed E-state index contributed by atoms with van der Waals surface area (Å²) < 4.78 is 40.8. The van der Waals surface area contributed by atoms with Crippen LogP contribution in [0.4, 0.5) is 13.2 Å². The molecule has 0 amide bonds. The van der Waals surface area contributed by atoms with E-state index < -0.39 is 17.4 Å². The molecule has 0 aliphatic rings. The maximum Gasteiger partial charge on any atom is 0.433 e. The van der Waals surface area contributed by atoms with Gasteiger partial charge in [0, 0.05) is 11.1 Å². The Morgan fingerprint density at radius 3 is 2.30 bits per heavy atom. The van der Waals surface area contributed by atoms with Crippen LogP contribution in [0.5, 0.6) is 0 Å². The summed E-state index contributed by atoms with van der Waals surface area (Å²) in [5, 5.41) is 4.00. The summed E-state index contributed by atoms with van der Waals surface area (Å²) >= 11 is 5.94. The fraction of sp³-hybridized carbons (Fsp3) is 0.308. The third-order valence-electron chi connectivity index (χ3n) is 2.81. The number of hydrogen-bond acceptors (Lipinski definition) is 2. The van der Waals surface area contributed by atoms with Gasteiger partial charge in [-0.15, -0.1) is 0 Å². The number of halogens is 4. The van der Waals surface area contributed by atoms with E-state index in [0.717, 1.165) is 10.9 Å². The van der Waals surface area contributed by atoms with E-state index in [-0.39, 0.29) is 16.3 Å². The number of nitrogens with two attached hydrogens (primary N) is 1. The second kappa shape index (κ2) is 4.79. The Morgan fingerprint density at radius 1 is 1.20 bits per heavy atom. The second-order valence-corrected chi connectivity index (χ2v) is 5.40. The molecule has 1 aromatic carbocycles. The summed E-state index contributed by atoms with van der Waals surface area (Å²) in [5.74, 6) is 0. The van der Waals surface area contributed by atoms with Crippen LogP contribution in [0.3, 0.4) is 0 Å². The topological polar surface area (TPSA) is 43.8 Å². The average molecular weight is 304 g/mol. The summed E-state index contributed by atoms with van der Waals surface area (Å²) in [6.45, 7) is 2.99. The van der Waals surface area contributed by atoms with Crippen molar-refractivity contribution in [3.8, 4) is 5.69 Å². The number of rotatable bonds is 2. The van der Waals surface area contributed by atoms with Gasteiger partial charge in [0.25, 0.3) is 0 Å². The molecule has 0 saturated carbocycles. The zero-order valence-electron chi connectivity index (χ0n) is 10.9. The van der Waals surface area contributed by atoms with Crippen molar-refractivity contribution in [1.82, 2.24) is 9.78 Å². The van der Waals surface area contributed by atoms with Crippen molar-refractivity contribution in [2.45, 2.75) is 25.6 Å². The summed E-state index contributed by atoms with van der Waals surface area (Å²) in [6.07, 6.45) is -3.45. The van der Waals surface area contributed by atoms with E-state index >= 15 is 0 Å². The van der Waals surface area contributed by atoms with Crippen LogP contribution in [-0.4, -0.2) is 9.78 Å². The van der Waals surface area contributed by atoms with Crippen LogP contribution in [0.2, 0.25) is 5.02 Å². The lowest BCUT2D eigenvalue weighted by Crippen LogP contribution is -2.31. The molecule has 0 saturated heterocycles. The number of benzene rings is 1. The fourth-order valence-electron chi connectivity index (χ4n) is 1.90. The van der Waals surface area contributed by atoms with Gasteiger partial charge in [-0.3, -0.25) is 0 Å². The van der Waals surface area contributed by atoms with Crippen LogP contribution < -0.4 is 5.73 Å². The maximum atomic E-state index is 13.3. The Morgan fingerprint density at radius 2 is 1.80 bits per heavy atom. The summed E-state index contributed by atoms with van der Waals surface area (Å²) in [5.41, 5.74) is 3.82. The van der Waals surface area contributed by atoms with Crippen molar-refractivity contribution in [3.05, 3.63) is 46.7 Å². The lowest BCUT2D eigenvalue weighted by molar-refractivity contribution is -0.143. The molecule has 0 unspecified atom stereocenters. The van der Waals surface area contributed by atoms with Gasteiger partial charge in [-0.1, -0.05) is 23.7 Å². The normalized spacial score (nSPS) is 12.8. The highest BCUT2D eigenvalue weighted by molar-refractivity contribution is 6.32. The summed E-state index contributed by atoms with van der Waals surface area (Å²) in [4.78, 5) is 0. The van der Waals surface area contributed by atoms with Crippen LogP contribution in [0, 0.1) is 0 Å². The molecule has 20 heavy (non-hydrogen) atoms. The van der Waals surface area contributed by atoms with Gasteiger partial charge in [0.1, 0.15) is 0 Å². The Kier molecular flexibility index (Phi) is 3.56. The van der Waals surface area contributed by atoms with Crippen molar-refractivity contribution in [2.24, 2.45) is 5.73 Å². The molecule has 0 bridgehead atoms. The SMILES string of the molecule is CC(C)(N)c1cnn(-c2ccccc2Cl)c1C(F)(F)F. The third-order valence-corrected chi connectivity index (χ3v) is 3.13. The van der Waals surface area contributed by atoms with E-state index in [2.05, 4.69) is 5.10 Å². The van der Waals surface area contributed by atoms with E-state index in [1.165, 1.54) is 26.0 Å². The maximum absolute atomic E-state index is 13.3. The fourth-order valence-corrected chi connectivity index (χ4v) is 2.11. The van der Waals surface area contributed by atoms with E-state index in [1.807, 2.05) is 0 Å². The zero-order valence-corrected chi connectivity index (χ0v) is 11.6. The minimum atomic E-state index is -4.58. The Labute approximate surface area is 119 Å². The first-order valence-corrected chi connectivity index (χ1v) is 6.19. The standard InChI is InChI=1S/C13H13ClF3N3/c1-12(2,18)8-7-19-20(11(8)13(15,16)17)10-6-4-3-5-9(10)14/h3-7H,18H2,1-2H3. The molecule has 0 spiro atoms. The van der Waals surface area contributed by atoms with E-state index in [9.17, 15) is 13.2 Å². The minimum absolute atomic E-state index is 0.0788. The predicted octanol–water partition coefficient (Wildman–Crippen LogP) is 3.74. The van der Waals surface area contributed by atoms with Gasteiger partial charge >= 0.3 is 6.18 Å². The van der Waals surface area contributed by atoms with Crippen LogP contribution in [0.15, 0.2) is 30.5 Å². The molecule has 1 aromatic heterocycles. The first kappa shape index (κ1) is 14.9. The molecule has 0 fully saturated rings. The molecule has 0 radical (unpaired) electrons. The zero-order chi connectivity index (χ0) is 15.1. The van der Waals surface area contributed by atoms with Gasteiger partial charge in [-0.25, -0.2) is 4.68 Å². The second-order valence-electron chi connectivity index (χ2n) is 4.99. The smallest absolute Gasteiger partial charge is 0.322 e. The number of aromatic nitrogens is 2. The summed E-state index contributed by atoms with van der Waals surface area (Å²) in [7, 11) is 0. The number of hydrogen-bond donors (Lipinski definition) is 1. The molecule has 2 N–H and O–H groups in total. The van der Waals surface area contributed by atoms with Crippen molar-refractivity contribution in [2.75, 3.05) is 0 Å². The molecular formula is C13H13ClF3N3. The molecule has 2 rings (SSSR count). The molecule has 0 aliphatic carbocycles. The molecule has 7 heteroatoms. The highest BCUT2D eigenvalue weighted by atomic mass is 35.5. The Hall–Kier alpha value is -1.53. The molecule has 0 aliphatic heterocycles. The molecular weight excluding hydrogens is 291 g/mol. The van der Waals surface area contributed by atoms with Gasteiger partial charge in [-0.2, -0.15) is 18.3 Å². The molecule has 108 valence electrons. The highest BCUT2D eigenvalue weighted by Gasteiger charge is 2.41. The van der Waals surface area contributed by atoms with E-state index in [4.69, 9.17) is 17.3 Å². The molecule has 0 atom stereocenters. The van der Waals surface area contributed by atoms with Crippen molar-refractivity contribution in [3.63, 3.8) is 0 Å². The van der Waals surface area contributed by atoms with Gasteiger partial charge in [0.05, 0.1) is 16.9 Å². The van der Waals surface area contributed by atoms with Crippen molar-refractivity contribution >= 4 is 11.6 Å². The highest BCUT2D eigenvalue weighted by Crippen LogP contribution is 2.38. The monoisotopic (exact) mass is 303 g/mol. The largest absolute Gasteiger partial charge is 0.433 e. The molecule has 3 nitrogen and oxygen atoms in total. The Bertz CT molecular complexity index is 627. The molecule has 2 aromatic rings. The summed E-state index contributed by atoms with van der Waals surface area (Å²) in [6, 6.07) is 6.20. The van der Waals surface area contributed by atoms with Crippen LogP contribution >= 0.6 is 11.6 Å². The van der Waals surface area contributed by atoms with Crippen LogP contribution in [0.1, 0.15) is 25.1 Å². The molecule has 1 heterocycles. The number of nitrogens with zero attached hydrogens (tertiary/aromatic N) is 2. The first-order chi connectivity index (χ1) is 9.12. The van der Waals surface area contributed by atoms with Gasteiger partial charge < -0.3 is 5.73 Å². The Balaban J connectivity index is 2.74. The predicted molar refractivity (Wildman–Crippen MR) is 70.8 cm³/mol. The van der Waals surface area contributed by atoms with Crippen LogP contribution in [0.25, 0.3) is 5.69 Å². The first-order valence-electron chi connectivity index (χ1n) is 5.82. The lowest BCUT2D eigenvalue weighted by Gasteiger charge is -2.21. The van der Waals surface area contributed by atoms with Gasteiger partial charge in [-0.05, 0) is 26.0 Å². The van der Waals surface area contributed by atoms with Crippen LogP contribution in [-0.2, 0) is 11.7 Å². The number of para-hydroxylation sites is 1. The van der Waals surface area contributed by atoms with E-state index in [0.29, 0.717) is 0 Å². The quantitative estimate of drug-likeness (QED) is 0.918. The minimum Gasteiger partial charge on any atom is -0.322 e. The third kappa shape index (κ3) is 2.66. The number of alkyl halides is 3. The van der Waals surface area contributed by atoms with Crippen molar-refractivity contribution < 1.29 is 13.2 Å². The van der Waals surface area contributed by atoms with Crippen molar-refractivity contribution in [1.29, 1.82) is 0 Å². The van der Waals surface area contributed by atoms with E-state index in [1.54, 1.807) is 12.1 Å². The van der Waals surface area contributed by atoms with Gasteiger partial charge in [0.2, 0.25) is 0 Å². The average Bonchev–Trinajstić information content (AvgIpc) is 2.73. The van der Waals surface area contributed by atoms with Gasteiger partial charge in [0.15, 0.2) is 5.69 Å². The lowest BCUT2D eigenvalue weighted by atomic mass is 9.96.